The summed E-state index contributed by atoms with van der Waals surface area (Å²) in [6.45, 7) is 4.37. The molecule has 5 heteroatoms. The van der Waals surface area contributed by atoms with Crippen molar-refractivity contribution in [1.29, 1.82) is 0 Å². The Morgan fingerprint density at radius 2 is 2.18 bits per heavy atom. The van der Waals surface area contributed by atoms with Crippen LogP contribution >= 0.6 is 11.3 Å². The zero-order valence-corrected chi connectivity index (χ0v) is 17.4. The van der Waals surface area contributed by atoms with Crippen LogP contribution in [-0.4, -0.2) is 37.0 Å². The number of pyridine rings is 1. The first kappa shape index (κ1) is 18.7. The molecule has 0 amide bonds. The maximum Gasteiger partial charge on any atom is 0.0945 e. The van der Waals surface area contributed by atoms with Crippen LogP contribution in [0.2, 0.25) is 0 Å². The van der Waals surface area contributed by atoms with Gasteiger partial charge in [-0.2, -0.15) is 0 Å². The molecule has 2 saturated heterocycles. The summed E-state index contributed by atoms with van der Waals surface area (Å²) in [7, 11) is 0. The Morgan fingerprint density at radius 1 is 1.18 bits per heavy atom. The van der Waals surface area contributed by atoms with E-state index in [-0.39, 0.29) is 11.0 Å². The van der Waals surface area contributed by atoms with Gasteiger partial charge in [0.15, 0.2) is 0 Å². The SMILES string of the molecule is c1ccc(C2(CCNCc3scc4c3CCC4)CCOC3(CCOC3)C2)nc1. The van der Waals surface area contributed by atoms with Crippen LogP contribution in [-0.2, 0) is 34.3 Å². The van der Waals surface area contributed by atoms with Gasteiger partial charge in [-0.05, 0) is 73.7 Å². The molecule has 2 aliphatic heterocycles. The van der Waals surface area contributed by atoms with Crippen molar-refractivity contribution in [3.05, 3.63) is 51.5 Å². The third kappa shape index (κ3) is 3.54. The van der Waals surface area contributed by atoms with Crippen LogP contribution in [0.15, 0.2) is 29.8 Å². The molecule has 3 aliphatic rings. The molecule has 150 valence electrons. The monoisotopic (exact) mass is 398 g/mol. The van der Waals surface area contributed by atoms with Crippen molar-refractivity contribution < 1.29 is 9.47 Å². The van der Waals surface area contributed by atoms with E-state index < -0.39 is 0 Å². The van der Waals surface area contributed by atoms with Crippen LogP contribution in [0.1, 0.15) is 53.8 Å². The van der Waals surface area contributed by atoms with Gasteiger partial charge in [0.05, 0.1) is 12.2 Å². The maximum absolute atomic E-state index is 6.25. The topological polar surface area (TPSA) is 43.4 Å². The summed E-state index contributed by atoms with van der Waals surface area (Å²) in [5, 5.41) is 6.12. The smallest absolute Gasteiger partial charge is 0.0945 e. The molecule has 0 aromatic carbocycles. The van der Waals surface area contributed by atoms with Gasteiger partial charge >= 0.3 is 0 Å². The highest BCUT2D eigenvalue weighted by Gasteiger charge is 2.49. The minimum Gasteiger partial charge on any atom is -0.378 e. The lowest BCUT2D eigenvalue weighted by Gasteiger charge is -2.45. The van der Waals surface area contributed by atoms with Crippen molar-refractivity contribution in [2.45, 2.75) is 62.5 Å². The van der Waals surface area contributed by atoms with E-state index in [2.05, 4.69) is 22.8 Å². The second kappa shape index (κ2) is 7.86. The van der Waals surface area contributed by atoms with Crippen molar-refractivity contribution in [3.8, 4) is 0 Å². The van der Waals surface area contributed by atoms with Gasteiger partial charge in [-0.25, -0.2) is 0 Å². The number of aryl methyl sites for hydroxylation is 1. The van der Waals surface area contributed by atoms with Crippen LogP contribution in [0.3, 0.4) is 0 Å². The van der Waals surface area contributed by atoms with Crippen LogP contribution in [0.4, 0.5) is 0 Å². The number of hydrogen-bond acceptors (Lipinski definition) is 5. The third-order valence-corrected chi connectivity index (χ3v) is 8.01. The van der Waals surface area contributed by atoms with Gasteiger partial charge in [0.1, 0.15) is 0 Å². The van der Waals surface area contributed by atoms with Gasteiger partial charge < -0.3 is 14.8 Å². The summed E-state index contributed by atoms with van der Waals surface area (Å²) in [6, 6.07) is 6.35. The lowest BCUT2D eigenvalue weighted by atomic mass is 9.68. The molecule has 1 aliphatic carbocycles. The highest BCUT2D eigenvalue weighted by Crippen LogP contribution is 2.46. The van der Waals surface area contributed by atoms with Crippen LogP contribution in [0.25, 0.3) is 0 Å². The third-order valence-electron chi connectivity index (χ3n) is 6.93. The molecule has 4 heterocycles. The molecule has 2 unspecified atom stereocenters. The molecule has 2 aromatic heterocycles. The van der Waals surface area contributed by atoms with E-state index in [1.54, 1.807) is 16.0 Å². The minimum atomic E-state index is -0.107. The minimum absolute atomic E-state index is 0.0810. The highest BCUT2D eigenvalue weighted by molar-refractivity contribution is 7.10. The van der Waals surface area contributed by atoms with Gasteiger partial charge in [0, 0.05) is 48.4 Å². The summed E-state index contributed by atoms with van der Waals surface area (Å²) < 4.78 is 12.0. The number of hydrogen-bond donors (Lipinski definition) is 1. The van der Waals surface area contributed by atoms with E-state index in [0.29, 0.717) is 0 Å². The van der Waals surface area contributed by atoms with Crippen molar-refractivity contribution in [1.82, 2.24) is 10.3 Å². The first-order valence-electron chi connectivity index (χ1n) is 10.7. The normalized spacial score (nSPS) is 29.4. The molecule has 0 radical (unpaired) electrons. The van der Waals surface area contributed by atoms with Crippen LogP contribution < -0.4 is 5.32 Å². The van der Waals surface area contributed by atoms with Crippen molar-refractivity contribution in [3.63, 3.8) is 0 Å². The first-order chi connectivity index (χ1) is 13.8. The van der Waals surface area contributed by atoms with Gasteiger partial charge in [-0.1, -0.05) is 6.07 Å². The maximum atomic E-state index is 6.25. The Kier molecular flexibility index (Phi) is 5.26. The number of nitrogens with one attached hydrogen (secondary N) is 1. The second-order valence-corrected chi connectivity index (χ2v) is 9.66. The molecule has 5 rings (SSSR count). The number of rotatable bonds is 6. The van der Waals surface area contributed by atoms with Crippen molar-refractivity contribution >= 4 is 11.3 Å². The standard InChI is InChI=1S/C23H30N2O2S/c1-2-10-25-21(6-1)22(8-13-27-23(16-22)9-12-26-17-23)7-11-24-14-20-19-5-3-4-18(19)15-28-20/h1-2,6,10,15,24H,3-5,7-9,11-14,16-17H2. The molecule has 0 saturated carbocycles. The Labute approximate surface area is 171 Å². The molecule has 2 atom stereocenters. The fourth-order valence-corrected chi connectivity index (χ4v) is 6.51. The number of ether oxygens (including phenoxy) is 2. The molecular formula is C23H30N2O2S. The number of fused-ring (bicyclic) bond motifs is 1. The average molecular weight is 399 g/mol. The average Bonchev–Trinajstić information content (AvgIpc) is 3.45. The fourth-order valence-electron chi connectivity index (χ4n) is 5.40. The van der Waals surface area contributed by atoms with Gasteiger partial charge in [0.2, 0.25) is 0 Å². The Balaban J connectivity index is 1.28. The molecule has 2 fully saturated rings. The van der Waals surface area contributed by atoms with E-state index in [1.807, 2.05) is 23.6 Å². The summed E-state index contributed by atoms with van der Waals surface area (Å²) in [5.41, 5.74) is 4.43. The quantitative estimate of drug-likeness (QED) is 0.747. The number of thiophene rings is 1. The molecule has 0 bridgehead atoms. The summed E-state index contributed by atoms with van der Waals surface area (Å²) >= 11 is 1.94. The van der Waals surface area contributed by atoms with E-state index in [4.69, 9.17) is 14.5 Å². The Morgan fingerprint density at radius 3 is 3.04 bits per heavy atom. The van der Waals surface area contributed by atoms with Gasteiger partial charge in [-0.3, -0.25) is 4.98 Å². The number of aromatic nitrogens is 1. The largest absolute Gasteiger partial charge is 0.378 e. The highest BCUT2D eigenvalue weighted by atomic mass is 32.1. The number of nitrogens with zero attached hydrogens (tertiary/aromatic N) is 1. The lowest BCUT2D eigenvalue weighted by Crippen LogP contribution is -2.49. The predicted octanol–water partition coefficient (Wildman–Crippen LogP) is 4.02. The van der Waals surface area contributed by atoms with Gasteiger partial charge in [0.25, 0.3) is 0 Å². The van der Waals surface area contributed by atoms with Crippen LogP contribution in [0, 0.1) is 0 Å². The molecule has 28 heavy (non-hydrogen) atoms. The molecular weight excluding hydrogens is 368 g/mol. The Hall–Kier alpha value is -1.27. The molecule has 4 nitrogen and oxygen atoms in total. The van der Waals surface area contributed by atoms with E-state index in [9.17, 15) is 0 Å². The second-order valence-electron chi connectivity index (χ2n) is 8.70. The van der Waals surface area contributed by atoms with Crippen molar-refractivity contribution in [2.75, 3.05) is 26.4 Å². The molecule has 2 aromatic rings. The predicted molar refractivity (Wildman–Crippen MR) is 112 cm³/mol. The summed E-state index contributed by atoms with van der Waals surface area (Å²) in [4.78, 5) is 6.33. The summed E-state index contributed by atoms with van der Waals surface area (Å²) in [5.74, 6) is 0. The van der Waals surface area contributed by atoms with E-state index in [1.165, 1.54) is 25.0 Å². The van der Waals surface area contributed by atoms with E-state index in [0.717, 1.165) is 58.6 Å². The van der Waals surface area contributed by atoms with Crippen molar-refractivity contribution in [2.24, 2.45) is 0 Å². The van der Waals surface area contributed by atoms with Crippen LogP contribution in [0.5, 0.6) is 0 Å². The summed E-state index contributed by atoms with van der Waals surface area (Å²) in [6.07, 6.45) is 9.99. The molecule has 1 N–H and O–H groups in total. The van der Waals surface area contributed by atoms with Gasteiger partial charge in [-0.15, -0.1) is 11.3 Å². The molecule has 1 spiro atoms. The first-order valence-corrected chi connectivity index (χ1v) is 11.6. The fraction of sp³-hybridized carbons (Fsp3) is 0.609. The zero-order chi connectivity index (χ0) is 18.9. The Bertz CT molecular complexity index is 800. The lowest BCUT2D eigenvalue weighted by molar-refractivity contribution is -0.109. The zero-order valence-electron chi connectivity index (χ0n) is 16.5. The van der Waals surface area contributed by atoms with E-state index >= 15 is 0 Å².